The molecule has 0 radical (unpaired) electrons. The van der Waals surface area contributed by atoms with Crippen molar-refractivity contribution in [1.29, 1.82) is 0 Å². The minimum Gasteiger partial charge on any atom is -0.348 e. The Kier molecular flexibility index (Phi) is 4.16. The number of H-pyrrole nitrogens is 1. The molecule has 134 valence electrons. The molecule has 1 atom stereocenters. The van der Waals surface area contributed by atoms with Crippen LogP contribution in [0.4, 0.5) is 10.5 Å². The third-order valence-electron chi connectivity index (χ3n) is 4.59. The number of aromatic nitrogens is 5. The number of carbonyl (C=O) groups is 1. The van der Waals surface area contributed by atoms with Gasteiger partial charge in [-0.05, 0) is 31.5 Å². The highest BCUT2D eigenvalue weighted by molar-refractivity contribution is 5.89. The lowest BCUT2D eigenvalue weighted by Crippen LogP contribution is -2.43. The largest absolute Gasteiger partial charge is 0.348 e. The number of hydrogen-bond acceptors (Lipinski definition) is 4. The highest BCUT2D eigenvalue weighted by atomic mass is 16.2. The quantitative estimate of drug-likeness (QED) is 0.759. The van der Waals surface area contributed by atoms with E-state index in [1.165, 1.54) is 0 Å². The van der Waals surface area contributed by atoms with Crippen molar-refractivity contribution in [3.05, 3.63) is 60.2 Å². The number of anilines is 1. The smallest absolute Gasteiger partial charge is 0.322 e. The summed E-state index contributed by atoms with van der Waals surface area (Å²) in [5.41, 5.74) is 3.63. The zero-order valence-corrected chi connectivity index (χ0v) is 14.8. The summed E-state index contributed by atoms with van der Waals surface area (Å²) in [7, 11) is 0. The highest BCUT2D eigenvalue weighted by Gasteiger charge is 2.34. The van der Waals surface area contributed by atoms with Gasteiger partial charge in [0.05, 0.1) is 23.9 Å². The van der Waals surface area contributed by atoms with Crippen LogP contribution >= 0.6 is 0 Å². The zero-order valence-electron chi connectivity index (χ0n) is 14.8. The van der Waals surface area contributed by atoms with Crippen molar-refractivity contribution in [2.75, 3.05) is 11.9 Å². The van der Waals surface area contributed by atoms with Crippen LogP contribution in [0.2, 0.25) is 0 Å². The van der Waals surface area contributed by atoms with Crippen molar-refractivity contribution < 1.29 is 4.79 Å². The predicted molar refractivity (Wildman–Crippen MR) is 96.7 cm³/mol. The standard InChI is InChI=1S/C18H21N7O/c1-12(2)25-10-14(9-22-25)23-18(26)24-8-5-15-16(21-11-20-15)17(24)13-3-6-19-7-4-13/h3-4,6-7,9-12,17H,5,8H2,1-2H3,(H,20,21)(H,23,26)/t17-/m1/s1. The molecule has 4 heterocycles. The molecule has 1 aliphatic heterocycles. The Balaban J connectivity index is 1.62. The van der Waals surface area contributed by atoms with E-state index in [0.717, 1.165) is 23.4 Å². The number of fused-ring (bicyclic) bond motifs is 1. The summed E-state index contributed by atoms with van der Waals surface area (Å²) in [6.07, 6.45) is 9.41. The Morgan fingerprint density at radius 2 is 2.15 bits per heavy atom. The van der Waals surface area contributed by atoms with Gasteiger partial charge in [0.2, 0.25) is 0 Å². The molecule has 2 amide bonds. The number of amides is 2. The van der Waals surface area contributed by atoms with Gasteiger partial charge in [0, 0.05) is 43.3 Å². The van der Waals surface area contributed by atoms with Crippen molar-refractivity contribution in [2.45, 2.75) is 32.4 Å². The molecule has 2 N–H and O–H groups in total. The van der Waals surface area contributed by atoms with Crippen molar-refractivity contribution >= 4 is 11.7 Å². The Labute approximate surface area is 151 Å². The minimum atomic E-state index is -0.242. The van der Waals surface area contributed by atoms with Crippen LogP contribution in [0.1, 0.15) is 42.9 Å². The van der Waals surface area contributed by atoms with E-state index in [2.05, 4.69) is 25.4 Å². The van der Waals surface area contributed by atoms with Crippen LogP contribution < -0.4 is 5.32 Å². The van der Waals surface area contributed by atoms with Crippen LogP contribution in [0.5, 0.6) is 0 Å². The third kappa shape index (κ3) is 2.94. The van der Waals surface area contributed by atoms with Gasteiger partial charge >= 0.3 is 6.03 Å². The maximum Gasteiger partial charge on any atom is 0.322 e. The fourth-order valence-electron chi connectivity index (χ4n) is 3.26. The van der Waals surface area contributed by atoms with E-state index in [1.807, 2.05) is 41.8 Å². The number of carbonyl (C=O) groups excluding carboxylic acids is 1. The van der Waals surface area contributed by atoms with Crippen molar-refractivity contribution in [3.63, 3.8) is 0 Å². The molecule has 0 bridgehead atoms. The van der Waals surface area contributed by atoms with Gasteiger partial charge in [-0.1, -0.05) is 0 Å². The first-order valence-electron chi connectivity index (χ1n) is 8.67. The molecule has 3 aromatic heterocycles. The number of hydrogen-bond donors (Lipinski definition) is 2. The SMILES string of the molecule is CC(C)n1cc(NC(=O)N2CCc3[nH]cnc3[C@H]2c2ccncc2)cn1. The van der Waals surface area contributed by atoms with Crippen LogP contribution in [0.15, 0.2) is 43.2 Å². The van der Waals surface area contributed by atoms with Crippen LogP contribution in [0.25, 0.3) is 0 Å². The number of pyridine rings is 1. The van der Waals surface area contributed by atoms with E-state index >= 15 is 0 Å². The van der Waals surface area contributed by atoms with Crippen LogP contribution in [-0.4, -0.2) is 42.2 Å². The molecule has 8 heteroatoms. The molecular weight excluding hydrogens is 330 g/mol. The first kappa shape index (κ1) is 16.3. The molecule has 8 nitrogen and oxygen atoms in total. The number of nitrogens with zero attached hydrogens (tertiary/aromatic N) is 5. The van der Waals surface area contributed by atoms with Crippen molar-refractivity contribution in [3.8, 4) is 0 Å². The number of rotatable bonds is 3. The summed E-state index contributed by atoms with van der Waals surface area (Å²) in [4.78, 5) is 26.5. The van der Waals surface area contributed by atoms with Gasteiger partial charge in [0.25, 0.3) is 0 Å². The Bertz CT molecular complexity index is 899. The van der Waals surface area contributed by atoms with Gasteiger partial charge in [-0.3, -0.25) is 9.67 Å². The lowest BCUT2D eigenvalue weighted by molar-refractivity contribution is 0.192. The van der Waals surface area contributed by atoms with Gasteiger partial charge in [-0.2, -0.15) is 5.10 Å². The Hall–Kier alpha value is -3.16. The molecular formula is C18H21N7O. The number of aromatic amines is 1. The maximum absolute atomic E-state index is 13.0. The normalized spacial score (nSPS) is 16.6. The van der Waals surface area contributed by atoms with Crippen molar-refractivity contribution in [2.24, 2.45) is 0 Å². The van der Waals surface area contributed by atoms with E-state index in [0.29, 0.717) is 12.2 Å². The molecule has 0 unspecified atom stereocenters. The molecule has 0 saturated heterocycles. The summed E-state index contributed by atoms with van der Waals surface area (Å²) in [6.45, 7) is 4.69. The topological polar surface area (TPSA) is 91.7 Å². The molecule has 3 aromatic rings. The van der Waals surface area contributed by atoms with E-state index in [1.54, 1.807) is 24.9 Å². The van der Waals surface area contributed by atoms with Crippen LogP contribution in [0.3, 0.4) is 0 Å². The molecule has 26 heavy (non-hydrogen) atoms. The maximum atomic E-state index is 13.0. The molecule has 0 saturated carbocycles. The Morgan fingerprint density at radius 3 is 2.88 bits per heavy atom. The predicted octanol–water partition coefficient (Wildman–Crippen LogP) is 2.76. The summed E-state index contributed by atoms with van der Waals surface area (Å²) in [5.74, 6) is 0. The van der Waals surface area contributed by atoms with Gasteiger partial charge in [-0.15, -0.1) is 0 Å². The van der Waals surface area contributed by atoms with E-state index in [9.17, 15) is 4.79 Å². The van der Waals surface area contributed by atoms with Gasteiger partial charge in [-0.25, -0.2) is 9.78 Å². The number of urea groups is 1. The second kappa shape index (κ2) is 6.62. The molecule has 0 fully saturated rings. The molecule has 4 rings (SSSR count). The fraction of sp³-hybridized carbons (Fsp3) is 0.333. The molecule has 1 aliphatic rings. The first-order chi connectivity index (χ1) is 12.6. The molecule has 0 aliphatic carbocycles. The van der Waals surface area contributed by atoms with E-state index in [4.69, 9.17) is 0 Å². The second-order valence-corrected chi connectivity index (χ2v) is 6.63. The summed E-state index contributed by atoms with van der Waals surface area (Å²) in [6, 6.07) is 3.68. The lowest BCUT2D eigenvalue weighted by atomic mass is 9.97. The van der Waals surface area contributed by atoms with Crippen LogP contribution in [-0.2, 0) is 6.42 Å². The van der Waals surface area contributed by atoms with Gasteiger partial charge in [0.1, 0.15) is 6.04 Å². The summed E-state index contributed by atoms with van der Waals surface area (Å²) in [5, 5.41) is 7.24. The number of imidazole rings is 1. The highest BCUT2D eigenvalue weighted by Crippen LogP contribution is 2.33. The third-order valence-corrected chi connectivity index (χ3v) is 4.59. The lowest BCUT2D eigenvalue weighted by Gasteiger charge is -2.35. The summed E-state index contributed by atoms with van der Waals surface area (Å²) < 4.78 is 1.82. The zero-order chi connectivity index (χ0) is 18.1. The number of nitrogens with one attached hydrogen (secondary N) is 2. The van der Waals surface area contributed by atoms with E-state index < -0.39 is 0 Å². The summed E-state index contributed by atoms with van der Waals surface area (Å²) >= 11 is 0. The second-order valence-electron chi connectivity index (χ2n) is 6.63. The van der Waals surface area contributed by atoms with Gasteiger partial charge < -0.3 is 15.2 Å². The Morgan fingerprint density at radius 1 is 1.35 bits per heavy atom. The average molecular weight is 351 g/mol. The minimum absolute atomic E-state index is 0.163. The van der Waals surface area contributed by atoms with Crippen molar-refractivity contribution in [1.82, 2.24) is 29.6 Å². The monoisotopic (exact) mass is 351 g/mol. The average Bonchev–Trinajstić information content (AvgIpc) is 3.30. The molecule has 0 spiro atoms. The van der Waals surface area contributed by atoms with Crippen LogP contribution in [0, 0.1) is 0 Å². The van der Waals surface area contributed by atoms with E-state index in [-0.39, 0.29) is 18.1 Å². The molecule has 0 aromatic carbocycles. The van der Waals surface area contributed by atoms with Gasteiger partial charge in [0.15, 0.2) is 0 Å². The fourth-order valence-corrected chi connectivity index (χ4v) is 3.26. The first-order valence-corrected chi connectivity index (χ1v) is 8.67.